The number of nitrogens with zero attached hydrogens (tertiary/aromatic N) is 2. The molecule has 0 fully saturated rings. The molecule has 0 heterocycles. The second-order valence-corrected chi connectivity index (χ2v) is 14.4. The fourth-order valence-electron chi connectivity index (χ4n) is 3.63. The molecule has 1 amide bonds. The number of hydrogen-bond donors (Lipinski definition) is 5. The van der Waals surface area contributed by atoms with Crippen LogP contribution in [0.15, 0.2) is 61.3 Å². The lowest BCUT2D eigenvalue weighted by atomic mass is 10.1. The average molecular weight is 684 g/mol. The predicted octanol–water partition coefficient (Wildman–Crippen LogP) is 2.01. The van der Waals surface area contributed by atoms with Crippen molar-refractivity contribution in [3.05, 3.63) is 36.4 Å². The van der Waals surface area contributed by atoms with E-state index in [0.29, 0.717) is 6.07 Å². The molecule has 22 heteroatoms. The number of phenols is 1. The highest BCUT2D eigenvalue weighted by atomic mass is 32.3. The monoisotopic (exact) mass is 683 g/mol. The van der Waals surface area contributed by atoms with Crippen molar-refractivity contribution < 1.29 is 66.2 Å². The highest BCUT2D eigenvalue weighted by Crippen LogP contribution is 2.45. The quantitative estimate of drug-likeness (QED) is 0.143. The van der Waals surface area contributed by atoms with Gasteiger partial charge in [-0.2, -0.15) is 30.4 Å². The van der Waals surface area contributed by atoms with E-state index < -0.39 is 90.6 Å². The molecule has 18 nitrogen and oxygen atoms in total. The van der Waals surface area contributed by atoms with Crippen molar-refractivity contribution in [1.82, 2.24) is 0 Å². The van der Waals surface area contributed by atoms with E-state index in [1.807, 2.05) is 0 Å². The summed E-state index contributed by atoms with van der Waals surface area (Å²) in [5.41, 5.74) is -1.61. The van der Waals surface area contributed by atoms with Gasteiger partial charge < -0.3 is 15.2 Å². The van der Waals surface area contributed by atoms with Gasteiger partial charge in [-0.25, -0.2) is 12.6 Å². The van der Waals surface area contributed by atoms with Crippen LogP contribution in [-0.2, 0) is 49.5 Å². The largest absolute Gasteiger partial charge is 0.505 e. The van der Waals surface area contributed by atoms with Gasteiger partial charge in [0.25, 0.3) is 20.2 Å². The number of sulfone groups is 1. The van der Waals surface area contributed by atoms with Gasteiger partial charge in [0.2, 0.25) is 5.91 Å². The Morgan fingerprint density at radius 1 is 0.884 bits per heavy atom. The minimum absolute atomic E-state index is 0.229. The number of carbonyl (C=O) groups is 1. The van der Waals surface area contributed by atoms with Crippen LogP contribution in [0.25, 0.3) is 10.8 Å². The van der Waals surface area contributed by atoms with E-state index in [1.54, 1.807) is 0 Å². The standard InChI is InChI=1S/C21H21N3O15S4/c1-11(25)22-15-10-14(41(29,30)31)7-12-8-18(42(32,33)34)20(21(26)19(12)15)24-23-13-3-4-16(38-2)17(9-13)40(27,28)6-5-39-43(35,36)37/h3-4,7-10,26H,5-6H2,1-2H3,(H,22,25)(H,29,30,31)(H,32,33,34)(H,35,36,37). The highest BCUT2D eigenvalue weighted by Gasteiger charge is 2.26. The number of anilines is 1. The summed E-state index contributed by atoms with van der Waals surface area (Å²) in [7, 11) is -18.3. The van der Waals surface area contributed by atoms with Gasteiger partial charge in [-0.1, -0.05) is 0 Å². The Bertz CT molecular complexity index is 2090. The third-order valence-electron chi connectivity index (χ3n) is 5.34. The molecule has 0 radical (unpaired) electrons. The maximum absolute atomic E-state index is 12.8. The second kappa shape index (κ2) is 12.1. The van der Waals surface area contributed by atoms with E-state index in [1.165, 1.54) is 0 Å². The molecule has 0 aromatic heterocycles. The van der Waals surface area contributed by atoms with Gasteiger partial charge >= 0.3 is 10.4 Å². The van der Waals surface area contributed by atoms with Gasteiger partial charge in [-0.3, -0.25) is 18.5 Å². The molecule has 5 N–H and O–H groups in total. The summed E-state index contributed by atoms with van der Waals surface area (Å²) in [5, 5.41) is 19.8. The molecule has 0 saturated carbocycles. The lowest BCUT2D eigenvalue weighted by Crippen LogP contribution is -2.16. The summed E-state index contributed by atoms with van der Waals surface area (Å²) in [6, 6.07) is 5.34. The molecule has 0 spiro atoms. The topological polar surface area (TPSA) is 290 Å². The van der Waals surface area contributed by atoms with Crippen LogP contribution in [0, 0.1) is 0 Å². The summed E-state index contributed by atoms with van der Waals surface area (Å²) in [5.74, 6) is -2.96. The Morgan fingerprint density at radius 3 is 2.07 bits per heavy atom. The number of amides is 1. The van der Waals surface area contributed by atoms with Crippen LogP contribution >= 0.6 is 0 Å². The van der Waals surface area contributed by atoms with Crippen molar-refractivity contribution >= 4 is 74.2 Å². The van der Waals surface area contributed by atoms with Gasteiger partial charge in [0.15, 0.2) is 15.6 Å². The Balaban J connectivity index is 2.24. The Hall–Kier alpha value is -3.77. The first-order valence-electron chi connectivity index (χ1n) is 11.1. The second-order valence-electron chi connectivity index (χ2n) is 8.38. The minimum Gasteiger partial charge on any atom is -0.505 e. The van der Waals surface area contributed by atoms with Gasteiger partial charge in [-0.15, -0.1) is 5.11 Å². The lowest BCUT2D eigenvalue weighted by molar-refractivity contribution is -0.114. The normalized spacial score (nSPS) is 13.0. The number of hydrogen-bond acceptors (Lipinski definition) is 14. The number of benzene rings is 3. The van der Waals surface area contributed by atoms with Crippen LogP contribution in [0.4, 0.5) is 17.1 Å². The highest BCUT2D eigenvalue weighted by molar-refractivity contribution is 7.91. The summed E-state index contributed by atoms with van der Waals surface area (Å²) in [6.45, 7) is 0.0645. The number of nitrogens with one attached hydrogen (secondary N) is 1. The zero-order valence-electron chi connectivity index (χ0n) is 21.7. The van der Waals surface area contributed by atoms with Crippen LogP contribution in [0.1, 0.15) is 6.92 Å². The maximum Gasteiger partial charge on any atom is 0.397 e. The van der Waals surface area contributed by atoms with Crippen molar-refractivity contribution in [2.24, 2.45) is 10.2 Å². The Labute approximate surface area is 244 Å². The number of ether oxygens (including phenoxy) is 1. The molecule has 0 aliphatic rings. The number of aromatic hydroxyl groups is 1. The number of rotatable bonds is 11. The predicted molar refractivity (Wildman–Crippen MR) is 146 cm³/mol. The summed E-state index contributed by atoms with van der Waals surface area (Å²) >= 11 is 0. The first-order chi connectivity index (χ1) is 19.6. The van der Waals surface area contributed by atoms with E-state index in [4.69, 9.17) is 9.29 Å². The van der Waals surface area contributed by atoms with E-state index in [9.17, 15) is 52.7 Å². The van der Waals surface area contributed by atoms with Gasteiger partial charge in [0.05, 0.1) is 35.7 Å². The van der Waals surface area contributed by atoms with E-state index in [2.05, 4.69) is 19.7 Å². The average Bonchev–Trinajstić information content (AvgIpc) is 2.85. The lowest BCUT2D eigenvalue weighted by Gasteiger charge is -2.14. The molecule has 0 saturated heterocycles. The molecule has 3 rings (SSSR count). The molecular formula is C21H21N3O15S4. The van der Waals surface area contributed by atoms with Crippen LogP contribution in [0.3, 0.4) is 0 Å². The van der Waals surface area contributed by atoms with Crippen molar-refractivity contribution in [3.63, 3.8) is 0 Å². The summed E-state index contributed by atoms with van der Waals surface area (Å²) in [4.78, 5) is 9.30. The number of phenolic OH excluding ortho intramolecular Hbond substituents is 1. The van der Waals surface area contributed by atoms with E-state index >= 15 is 0 Å². The van der Waals surface area contributed by atoms with Crippen LogP contribution < -0.4 is 10.1 Å². The van der Waals surface area contributed by atoms with E-state index in [-0.39, 0.29) is 22.2 Å². The van der Waals surface area contributed by atoms with Crippen LogP contribution in [0.5, 0.6) is 11.5 Å². The molecule has 0 unspecified atom stereocenters. The third kappa shape index (κ3) is 8.20. The first kappa shape index (κ1) is 33.7. The van der Waals surface area contributed by atoms with Crippen molar-refractivity contribution in [2.75, 3.05) is 24.8 Å². The third-order valence-corrected chi connectivity index (χ3v) is 9.20. The summed E-state index contributed by atoms with van der Waals surface area (Å²) < 4.78 is 132. The van der Waals surface area contributed by atoms with Crippen molar-refractivity contribution in [2.45, 2.75) is 21.6 Å². The zero-order valence-corrected chi connectivity index (χ0v) is 25.0. The summed E-state index contributed by atoms with van der Waals surface area (Å²) in [6.07, 6.45) is 0. The molecule has 3 aromatic carbocycles. The molecule has 234 valence electrons. The Kier molecular flexibility index (Phi) is 9.48. The zero-order chi connectivity index (χ0) is 32.5. The van der Waals surface area contributed by atoms with Crippen molar-refractivity contribution in [3.8, 4) is 11.5 Å². The SMILES string of the molecule is COc1ccc(N=Nc2c(S(=O)(=O)O)cc3cc(S(=O)(=O)O)cc(NC(C)=O)c3c2O)cc1S(=O)(=O)CCOS(=O)(=O)O. The fraction of sp³-hybridized carbons (Fsp3) is 0.190. The van der Waals surface area contributed by atoms with Crippen molar-refractivity contribution in [1.29, 1.82) is 0 Å². The maximum atomic E-state index is 12.8. The number of carbonyl (C=O) groups excluding carboxylic acids is 1. The minimum atomic E-state index is -5.21. The number of azo groups is 1. The van der Waals surface area contributed by atoms with E-state index in [0.717, 1.165) is 44.4 Å². The number of fused-ring (bicyclic) bond motifs is 1. The van der Waals surface area contributed by atoms with Crippen LogP contribution in [0.2, 0.25) is 0 Å². The molecule has 0 bridgehead atoms. The first-order valence-corrected chi connectivity index (χ1v) is 17.0. The number of methoxy groups -OCH3 is 1. The molecule has 0 atom stereocenters. The smallest absolute Gasteiger partial charge is 0.397 e. The molecule has 0 aliphatic heterocycles. The molecule has 0 aliphatic carbocycles. The molecular weight excluding hydrogens is 663 g/mol. The van der Waals surface area contributed by atoms with Crippen LogP contribution in [-0.4, -0.2) is 77.8 Å². The fourth-order valence-corrected chi connectivity index (χ4v) is 6.51. The van der Waals surface area contributed by atoms with Gasteiger partial charge in [0.1, 0.15) is 21.2 Å². The van der Waals surface area contributed by atoms with Gasteiger partial charge in [0, 0.05) is 12.3 Å². The Morgan fingerprint density at radius 2 is 1.53 bits per heavy atom. The molecule has 43 heavy (non-hydrogen) atoms. The van der Waals surface area contributed by atoms with Gasteiger partial charge in [-0.05, 0) is 41.8 Å². The molecule has 3 aromatic rings.